The highest BCUT2D eigenvalue weighted by Crippen LogP contribution is 2.75. The van der Waals surface area contributed by atoms with Crippen LogP contribution in [-0.4, -0.2) is 67.3 Å². The average Bonchev–Trinajstić information content (AvgIpc) is 3.57. The molecule has 0 aromatic carbocycles. The van der Waals surface area contributed by atoms with Crippen LogP contribution in [0, 0.1) is 62.1 Å². The first-order valence-electron chi connectivity index (χ1n) is 20.3. The monoisotopic (exact) mass is 731 g/mol. The standard InChI is InChI=1S/C43H66N6O4/c1-26(2)27(3)38(7)17-18-40(9)28-12-13-32-39(8)21-52-23-43(32,29(28)14-16-41(40,10)33(38)36(50)51)20-31(34(39)53-22-42(11,44)37(4,5)6)49-35(47-25-48-49)30-15-19-45-24-46-30/h14-15,19,24-28,31-34H,12-13,16-18,20-23,44H2,1-11H3,(H,50,51)/t27-,28+,31-,32+,33-,34+,38-,39+,40-,41+,42+,43?/m1/s1. The molecule has 2 aromatic rings. The summed E-state index contributed by atoms with van der Waals surface area (Å²) in [6.45, 7) is 26.5. The van der Waals surface area contributed by atoms with Gasteiger partial charge in [-0.1, -0.05) is 80.9 Å². The lowest BCUT2D eigenvalue weighted by molar-refractivity contribution is -0.253. The second-order valence-electron chi connectivity index (χ2n) is 20.6. The van der Waals surface area contributed by atoms with Crippen LogP contribution in [0.5, 0.6) is 0 Å². The molecule has 2 bridgehead atoms. The van der Waals surface area contributed by atoms with Gasteiger partial charge in [0.2, 0.25) is 0 Å². The summed E-state index contributed by atoms with van der Waals surface area (Å²) in [4.78, 5) is 27.1. The molecule has 0 spiro atoms. The molecule has 292 valence electrons. The van der Waals surface area contributed by atoms with Crippen molar-refractivity contribution in [1.29, 1.82) is 0 Å². The van der Waals surface area contributed by atoms with Gasteiger partial charge in [-0.3, -0.25) is 4.79 Å². The number of ether oxygens (including phenoxy) is 2. The maximum atomic E-state index is 13.6. The first-order chi connectivity index (χ1) is 24.7. The second-order valence-corrected chi connectivity index (χ2v) is 20.6. The zero-order chi connectivity index (χ0) is 38.6. The van der Waals surface area contributed by atoms with E-state index in [1.165, 1.54) is 5.57 Å². The summed E-state index contributed by atoms with van der Waals surface area (Å²) in [6, 6.07) is 1.73. The van der Waals surface area contributed by atoms with Gasteiger partial charge < -0.3 is 20.3 Å². The lowest BCUT2D eigenvalue weighted by Gasteiger charge is -2.71. The lowest BCUT2D eigenvalue weighted by Crippen LogP contribution is -2.69. The quantitative estimate of drug-likeness (QED) is 0.259. The average molecular weight is 731 g/mol. The van der Waals surface area contributed by atoms with Gasteiger partial charge in [0, 0.05) is 22.6 Å². The Morgan fingerprint density at radius 1 is 1.06 bits per heavy atom. The third-order valence-corrected chi connectivity index (χ3v) is 17.1. The van der Waals surface area contributed by atoms with Gasteiger partial charge in [0.25, 0.3) is 0 Å². The molecule has 3 N–H and O–H groups in total. The maximum absolute atomic E-state index is 13.6. The summed E-state index contributed by atoms with van der Waals surface area (Å²) in [7, 11) is 0. The fourth-order valence-electron chi connectivity index (χ4n) is 12.7. The Kier molecular flexibility index (Phi) is 9.22. The van der Waals surface area contributed by atoms with E-state index in [4.69, 9.17) is 25.3 Å². The summed E-state index contributed by atoms with van der Waals surface area (Å²) in [5, 5.41) is 16.1. The molecule has 3 heterocycles. The van der Waals surface area contributed by atoms with E-state index in [1.54, 1.807) is 18.9 Å². The molecule has 4 aliphatic carbocycles. The molecule has 5 aliphatic rings. The molecule has 0 radical (unpaired) electrons. The molecule has 4 fully saturated rings. The fraction of sp³-hybridized carbons (Fsp3) is 0.791. The fourth-order valence-corrected chi connectivity index (χ4v) is 12.7. The van der Waals surface area contributed by atoms with Crippen molar-refractivity contribution in [2.75, 3.05) is 19.8 Å². The van der Waals surface area contributed by atoms with Gasteiger partial charge in [-0.25, -0.2) is 19.6 Å². The van der Waals surface area contributed by atoms with E-state index in [0.29, 0.717) is 43.4 Å². The Morgan fingerprint density at radius 3 is 2.43 bits per heavy atom. The molecule has 2 aromatic heterocycles. The van der Waals surface area contributed by atoms with E-state index in [9.17, 15) is 9.90 Å². The largest absolute Gasteiger partial charge is 0.481 e. The summed E-state index contributed by atoms with van der Waals surface area (Å²) in [6.07, 6.45) is 12.8. The van der Waals surface area contributed by atoms with Crippen LogP contribution in [0.2, 0.25) is 0 Å². The van der Waals surface area contributed by atoms with Crippen molar-refractivity contribution in [2.45, 2.75) is 132 Å². The van der Waals surface area contributed by atoms with Gasteiger partial charge >= 0.3 is 5.97 Å². The Bertz CT molecular complexity index is 1730. The first-order valence-corrected chi connectivity index (χ1v) is 20.3. The number of fused-ring (bicyclic) bond motifs is 3. The Morgan fingerprint density at radius 2 is 1.79 bits per heavy atom. The number of allylic oxidation sites excluding steroid dienone is 1. The summed E-state index contributed by atoms with van der Waals surface area (Å²) in [5.41, 5.74) is 7.07. The van der Waals surface area contributed by atoms with E-state index >= 15 is 0 Å². The van der Waals surface area contributed by atoms with Gasteiger partial charge in [0.1, 0.15) is 18.3 Å². The molecular formula is C43H66N6O4. The molecule has 53 heavy (non-hydrogen) atoms. The van der Waals surface area contributed by atoms with Crippen LogP contribution in [0.15, 0.2) is 36.6 Å². The highest BCUT2D eigenvalue weighted by atomic mass is 16.5. The van der Waals surface area contributed by atoms with E-state index in [0.717, 1.165) is 44.2 Å². The summed E-state index contributed by atoms with van der Waals surface area (Å²) < 4.78 is 16.0. The van der Waals surface area contributed by atoms with Crippen molar-refractivity contribution in [3.63, 3.8) is 0 Å². The molecule has 12 atom stereocenters. The molecule has 10 nitrogen and oxygen atoms in total. The SMILES string of the molecule is CC(C)[C@@H](C)[C@@]1(C)CC[C@]2(C)[C@H]3CC[C@@H]4C5(COC[C@]4(C)[C@@H](OC[C@](C)(N)C(C)(C)C)[C@H](n4ncnc4-c4ccncn4)C5)C3=CC[C@@]2(C)[C@@H]1C(=O)O. The zero-order valence-corrected chi connectivity index (χ0v) is 34.3. The Balaban J connectivity index is 1.35. The maximum Gasteiger partial charge on any atom is 0.307 e. The summed E-state index contributed by atoms with van der Waals surface area (Å²) >= 11 is 0. The number of nitrogens with two attached hydrogens (primary N) is 1. The number of nitrogens with zero attached hydrogens (tertiary/aromatic N) is 5. The minimum absolute atomic E-state index is 0.155. The molecular weight excluding hydrogens is 665 g/mol. The normalized spacial score (nSPS) is 41.4. The number of carboxylic acid groups (broad SMARTS) is 1. The van der Waals surface area contributed by atoms with Gasteiger partial charge in [0.05, 0.1) is 37.9 Å². The van der Waals surface area contributed by atoms with Gasteiger partial charge in [-0.15, -0.1) is 0 Å². The number of hydrogen-bond donors (Lipinski definition) is 2. The first kappa shape index (κ1) is 38.6. The number of aliphatic carboxylic acids is 1. The minimum Gasteiger partial charge on any atom is -0.481 e. The van der Waals surface area contributed by atoms with Crippen molar-refractivity contribution < 1.29 is 19.4 Å². The van der Waals surface area contributed by atoms with Crippen LogP contribution >= 0.6 is 0 Å². The van der Waals surface area contributed by atoms with Crippen LogP contribution in [-0.2, 0) is 14.3 Å². The van der Waals surface area contributed by atoms with Crippen LogP contribution in [0.25, 0.3) is 11.5 Å². The molecule has 7 rings (SSSR count). The lowest BCUT2D eigenvalue weighted by atomic mass is 9.34. The molecule has 10 heteroatoms. The molecule has 0 amide bonds. The van der Waals surface area contributed by atoms with Gasteiger partial charge in [0.15, 0.2) is 5.82 Å². The van der Waals surface area contributed by atoms with Gasteiger partial charge in [-0.05, 0) is 96.8 Å². The van der Waals surface area contributed by atoms with E-state index in [-0.39, 0.29) is 50.6 Å². The van der Waals surface area contributed by atoms with Crippen LogP contribution in [0.4, 0.5) is 0 Å². The van der Waals surface area contributed by atoms with Gasteiger partial charge in [-0.2, -0.15) is 5.10 Å². The topological polar surface area (TPSA) is 138 Å². The number of carbonyl (C=O) groups is 1. The highest BCUT2D eigenvalue weighted by molar-refractivity contribution is 5.73. The predicted octanol–water partition coefficient (Wildman–Crippen LogP) is 8.01. The Labute approximate surface area is 317 Å². The van der Waals surface area contributed by atoms with E-state index in [2.05, 4.69) is 96.9 Å². The molecule has 3 saturated carbocycles. The Hall–Kier alpha value is -2.69. The number of rotatable bonds is 8. The van der Waals surface area contributed by atoms with Crippen LogP contribution in [0.1, 0.15) is 121 Å². The van der Waals surface area contributed by atoms with Crippen molar-refractivity contribution >= 4 is 5.97 Å². The minimum atomic E-state index is -0.631. The van der Waals surface area contributed by atoms with Crippen LogP contribution < -0.4 is 5.73 Å². The highest BCUT2D eigenvalue weighted by Gasteiger charge is 2.72. The molecule has 1 saturated heterocycles. The third-order valence-electron chi connectivity index (χ3n) is 17.1. The molecule has 1 unspecified atom stereocenters. The predicted molar refractivity (Wildman–Crippen MR) is 205 cm³/mol. The number of carboxylic acids is 1. The smallest absolute Gasteiger partial charge is 0.307 e. The van der Waals surface area contributed by atoms with Crippen molar-refractivity contribution in [2.24, 2.45) is 67.8 Å². The van der Waals surface area contributed by atoms with Crippen molar-refractivity contribution in [3.05, 3.63) is 36.6 Å². The van der Waals surface area contributed by atoms with E-state index in [1.807, 2.05) is 6.07 Å². The number of aromatic nitrogens is 5. The van der Waals surface area contributed by atoms with Crippen molar-refractivity contribution in [3.8, 4) is 11.5 Å². The molecule has 1 aliphatic heterocycles. The van der Waals surface area contributed by atoms with E-state index < -0.39 is 17.4 Å². The second kappa shape index (κ2) is 12.7. The van der Waals surface area contributed by atoms with Crippen LogP contribution in [0.3, 0.4) is 0 Å². The summed E-state index contributed by atoms with van der Waals surface area (Å²) in [5.74, 6) is 0.956. The zero-order valence-electron chi connectivity index (χ0n) is 34.3. The van der Waals surface area contributed by atoms with Crippen molar-refractivity contribution in [1.82, 2.24) is 24.7 Å². The number of hydrogen-bond acceptors (Lipinski definition) is 8. The third kappa shape index (κ3) is 5.45.